The number of nitrogens with zero attached hydrogens (tertiary/aromatic N) is 1. The molecule has 0 radical (unpaired) electrons. The highest BCUT2D eigenvalue weighted by atomic mass is 16.6. The van der Waals surface area contributed by atoms with Crippen LogP contribution in [0.15, 0.2) is 18.2 Å². The molecule has 7 nitrogen and oxygen atoms in total. The molecule has 2 rings (SSSR count). The van der Waals surface area contributed by atoms with Crippen molar-refractivity contribution in [3.8, 4) is 5.75 Å². The second kappa shape index (κ2) is 8.31. The zero-order valence-electron chi connectivity index (χ0n) is 15.8. The van der Waals surface area contributed by atoms with Gasteiger partial charge in [0.25, 0.3) is 5.91 Å². The summed E-state index contributed by atoms with van der Waals surface area (Å²) < 4.78 is 16.0. The van der Waals surface area contributed by atoms with Gasteiger partial charge in [0.2, 0.25) is 0 Å². The Morgan fingerprint density at radius 1 is 1.27 bits per heavy atom. The van der Waals surface area contributed by atoms with Gasteiger partial charge in [-0.2, -0.15) is 0 Å². The van der Waals surface area contributed by atoms with E-state index in [0.29, 0.717) is 17.0 Å². The minimum absolute atomic E-state index is 0.0749. The van der Waals surface area contributed by atoms with Gasteiger partial charge in [0.05, 0.1) is 12.3 Å². The van der Waals surface area contributed by atoms with Crippen LogP contribution in [0.3, 0.4) is 0 Å². The lowest BCUT2D eigenvalue weighted by Gasteiger charge is -2.35. The maximum absolute atomic E-state index is 12.8. The second-order valence-electron chi connectivity index (χ2n) is 6.70. The van der Waals surface area contributed by atoms with Crippen LogP contribution in [-0.4, -0.2) is 50.1 Å². The lowest BCUT2D eigenvalue weighted by atomic mass is 10.0. The van der Waals surface area contributed by atoms with Crippen molar-refractivity contribution in [3.63, 3.8) is 0 Å². The van der Waals surface area contributed by atoms with E-state index >= 15 is 0 Å². The fraction of sp³-hybridized carbons (Fsp3) is 0.526. The number of esters is 1. The monoisotopic (exact) mass is 363 g/mol. The van der Waals surface area contributed by atoms with Crippen molar-refractivity contribution in [2.75, 3.05) is 25.2 Å². The van der Waals surface area contributed by atoms with E-state index in [1.807, 2.05) is 13.8 Å². The van der Waals surface area contributed by atoms with E-state index in [-0.39, 0.29) is 30.8 Å². The van der Waals surface area contributed by atoms with E-state index in [0.717, 1.165) is 0 Å². The summed E-state index contributed by atoms with van der Waals surface area (Å²) in [6.07, 6.45) is -1.12. The Bertz CT molecular complexity index is 699. The second-order valence-corrected chi connectivity index (χ2v) is 6.70. The molecule has 0 bridgehead atoms. The summed E-state index contributed by atoms with van der Waals surface area (Å²) in [5, 5.41) is 0. The molecular weight excluding hydrogens is 338 g/mol. The molecule has 0 spiro atoms. The standard InChI is InChI=1S/C19H25NO6/c1-11(2)18-19(23)20(9-17(22)25-12(3)10-24-5)15-8-14(13(4)21)6-7-16(15)26-18/h6-8,11-12,18H,9-10H2,1-5H3. The number of benzene rings is 1. The van der Waals surface area contributed by atoms with Crippen LogP contribution < -0.4 is 9.64 Å². The summed E-state index contributed by atoms with van der Waals surface area (Å²) in [5.41, 5.74) is 0.838. The number of ketones is 1. The summed E-state index contributed by atoms with van der Waals surface area (Å²) >= 11 is 0. The molecule has 0 aromatic heterocycles. The molecule has 7 heteroatoms. The minimum atomic E-state index is -0.699. The van der Waals surface area contributed by atoms with Crippen LogP contribution in [0, 0.1) is 5.92 Å². The van der Waals surface area contributed by atoms with Gasteiger partial charge in [-0.25, -0.2) is 0 Å². The Kier molecular flexibility index (Phi) is 6.37. The molecule has 1 aliphatic heterocycles. The van der Waals surface area contributed by atoms with Crippen LogP contribution in [0.5, 0.6) is 5.75 Å². The lowest BCUT2D eigenvalue weighted by Crippen LogP contribution is -2.50. The van der Waals surface area contributed by atoms with Gasteiger partial charge in [0.1, 0.15) is 18.4 Å². The maximum Gasteiger partial charge on any atom is 0.326 e. The van der Waals surface area contributed by atoms with E-state index in [4.69, 9.17) is 14.2 Å². The van der Waals surface area contributed by atoms with Crippen molar-refractivity contribution in [2.45, 2.75) is 39.9 Å². The van der Waals surface area contributed by atoms with Gasteiger partial charge in [0.15, 0.2) is 11.9 Å². The van der Waals surface area contributed by atoms with Crippen LogP contribution in [0.4, 0.5) is 5.69 Å². The number of Topliss-reactive ketones (excluding diaryl/α,β-unsaturated/α-hetero) is 1. The summed E-state index contributed by atoms with van der Waals surface area (Å²) in [7, 11) is 1.52. The third kappa shape index (κ3) is 4.40. The Hall–Kier alpha value is -2.41. The zero-order valence-corrected chi connectivity index (χ0v) is 15.8. The van der Waals surface area contributed by atoms with Crippen molar-refractivity contribution in [2.24, 2.45) is 5.92 Å². The molecule has 0 N–H and O–H groups in total. The molecule has 1 aromatic carbocycles. The number of rotatable bonds is 7. The normalized spacial score (nSPS) is 17.5. The van der Waals surface area contributed by atoms with E-state index < -0.39 is 18.2 Å². The Balaban J connectivity index is 2.32. The first-order chi connectivity index (χ1) is 12.2. The van der Waals surface area contributed by atoms with Gasteiger partial charge in [-0.3, -0.25) is 19.3 Å². The summed E-state index contributed by atoms with van der Waals surface area (Å²) in [6.45, 7) is 6.90. The number of methoxy groups -OCH3 is 1. The number of fused-ring (bicyclic) bond motifs is 1. The van der Waals surface area contributed by atoms with Crippen molar-refractivity contribution in [1.29, 1.82) is 0 Å². The highest BCUT2D eigenvalue weighted by Gasteiger charge is 2.38. The molecular formula is C19H25NO6. The van der Waals surface area contributed by atoms with Crippen LogP contribution in [0.2, 0.25) is 0 Å². The average molecular weight is 363 g/mol. The lowest BCUT2D eigenvalue weighted by molar-refractivity contribution is -0.150. The van der Waals surface area contributed by atoms with Crippen LogP contribution >= 0.6 is 0 Å². The molecule has 0 saturated heterocycles. The average Bonchev–Trinajstić information content (AvgIpc) is 2.56. The Labute approximate surface area is 153 Å². The fourth-order valence-corrected chi connectivity index (χ4v) is 2.75. The smallest absolute Gasteiger partial charge is 0.326 e. The largest absolute Gasteiger partial charge is 0.478 e. The minimum Gasteiger partial charge on any atom is -0.478 e. The molecule has 1 aromatic rings. The van der Waals surface area contributed by atoms with Crippen molar-refractivity contribution in [3.05, 3.63) is 23.8 Å². The Morgan fingerprint density at radius 2 is 1.96 bits per heavy atom. The van der Waals surface area contributed by atoms with Crippen molar-refractivity contribution >= 4 is 23.3 Å². The number of anilines is 1. The quantitative estimate of drug-likeness (QED) is 0.546. The molecule has 0 aliphatic carbocycles. The fourth-order valence-electron chi connectivity index (χ4n) is 2.75. The zero-order chi connectivity index (χ0) is 19.4. The summed E-state index contributed by atoms with van der Waals surface area (Å²) in [6, 6.07) is 4.86. The first-order valence-corrected chi connectivity index (χ1v) is 8.56. The molecule has 26 heavy (non-hydrogen) atoms. The third-order valence-electron chi connectivity index (χ3n) is 4.05. The first-order valence-electron chi connectivity index (χ1n) is 8.56. The van der Waals surface area contributed by atoms with Crippen molar-refractivity contribution < 1.29 is 28.6 Å². The molecule has 142 valence electrons. The van der Waals surface area contributed by atoms with E-state index in [1.165, 1.54) is 18.9 Å². The predicted octanol–water partition coefficient (Wildman–Crippen LogP) is 2.22. The first kappa shape index (κ1) is 19.9. The third-order valence-corrected chi connectivity index (χ3v) is 4.05. The van der Waals surface area contributed by atoms with Gasteiger partial charge in [-0.1, -0.05) is 13.8 Å². The van der Waals surface area contributed by atoms with E-state index in [2.05, 4.69) is 0 Å². The topological polar surface area (TPSA) is 82.1 Å². The molecule has 1 amide bonds. The van der Waals surface area contributed by atoms with Gasteiger partial charge in [-0.05, 0) is 38.0 Å². The van der Waals surface area contributed by atoms with E-state index in [1.54, 1.807) is 25.1 Å². The summed E-state index contributed by atoms with van der Waals surface area (Å²) in [5.74, 6) is -0.626. The number of ether oxygens (including phenoxy) is 3. The highest BCUT2D eigenvalue weighted by Crippen LogP contribution is 2.36. The molecule has 2 unspecified atom stereocenters. The Morgan fingerprint density at radius 3 is 2.54 bits per heavy atom. The number of carbonyl (C=O) groups excluding carboxylic acids is 3. The van der Waals surface area contributed by atoms with E-state index in [9.17, 15) is 14.4 Å². The summed E-state index contributed by atoms with van der Waals surface area (Å²) in [4.78, 5) is 38.1. The molecule has 2 atom stereocenters. The van der Waals surface area contributed by atoms with Gasteiger partial charge >= 0.3 is 5.97 Å². The predicted molar refractivity (Wildman–Crippen MR) is 95.5 cm³/mol. The van der Waals surface area contributed by atoms with Crippen LogP contribution in [-0.2, 0) is 19.1 Å². The number of carbonyl (C=O) groups is 3. The van der Waals surface area contributed by atoms with Gasteiger partial charge in [-0.15, -0.1) is 0 Å². The molecule has 1 aliphatic rings. The van der Waals surface area contributed by atoms with Crippen LogP contribution in [0.1, 0.15) is 38.1 Å². The molecule has 0 fully saturated rings. The van der Waals surface area contributed by atoms with Gasteiger partial charge in [0, 0.05) is 12.7 Å². The van der Waals surface area contributed by atoms with Crippen LogP contribution in [0.25, 0.3) is 0 Å². The SMILES string of the molecule is COCC(C)OC(=O)CN1C(=O)C(C(C)C)Oc2ccc(C(C)=O)cc21. The maximum atomic E-state index is 12.8. The number of hydrogen-bond donors (Lipinski definition) is 0. The van der Waals surface area contributed by atoms with Crippen molar-refractivity contribution in [1.82, 2.24) is 0 Å². The molecule has 1 heterocycles. The highest BCUT2D eigenvalue weighted by molar-refractivity contribution is 6.05. The van der Waals surface area contributed by atoms with Gasteiger partial charge < -0.3 is 14.2 Å². The number of hydrogen-bond acceptors (Lipinski definition) is 6. The number of amides is 1. The molecule has 0 saturated carbocycles.